The number of furan rings is 1. The van der Waals surface area contributed by atoms with Crippen LogP contribution in [0.2, 0.25) is 0 Å². The summed E-state index contributed by atoms with van der Waals surface area (Å²) in [6.07, 6.45) is 1.15. The number of nitrogens with zero attached hydrogens (tertiary/aromatic N) is 1. The SMILES string of the molecule is C/C(=N/NC(=O)c1oc2ccccc2c1C)c1ccc(S(C)(=O)=O)cc1. The minimum Gasteiger partial charge on any atom is -0.451 e. The average molecular weight is 370 g/mol. The summed E-state index contributed by atoms with van der Waals surface area (Å²) >= 11 is 0. The van der Waals surface area contributed by atoms with E-state index in [0.717, 1.165) is 17.2 Å². The standard InChI is InChI=1S/C19H18N2O4S/c1-12-16-6-4-5-7-17(16)25-18(12)19(22)21-20-13(2)14-8-10-15(11-9-14)26(3,23)24/h4-11H,1-3H3,(H,21,22)/b20-13-. The Bertz CT molecular complexity index is 1110. The lowest BCUT2D eigenvalue weighted by Crippen LogP contribution is -2.19. The molecule has 0 fully saturated rings. The summed E-state index contributed by atoms with van der Waals surface area (Å²) in [5.74, 6) is -0.221. The second-order valence-corrected chi connectivity index (χ2v) is 8.00. The van der Waals surface area contributed by atoms with Crippen molar-refractivity contribution in [3.63, 3.8) is 0 Å². The number of nitrogens with one attached hydrogen (secondary N) is 1. The van der Waals surface area contributed by atoms with Crippen molar-refractivity contribution < 1.29 is 17.6 Å². The minimum atomic E-state index is -3.25. The lowest BCUT2D eigenvalue weighted by molar-refractivity contribution is 0.0928. The molecule has 0 saturated carbocycles. The molecule has 1 N–H and O–H groups in total. The van der Waals surface area contributed by atoms with E-state index in [0.29, 0.717) is 16.9 Å². The van der Waals surface area contributed by atoms with Gasteiger partial charge in [-0.25, -0.2) is 13.8 Å². The van der Waals surface area contributed by atoms with Gasteiger partial charge in [-0.2, -0.15) is 5.10 Å². The maximum absolute atomic E-state index is 12.4. The van der Waals surface area contributed by atoms with Gasteiger partial charge in [-0.1, -0.05) is 30.3 Å². The summed E-state index contributed by atoms with van der Waals surface area (Å²) in [5, 5.41) is 4.97. The van der Waals surface area contributed by atoms with Crippen LogP contribution in [-0.2, 0) is 9.84 Å². The van der Waals surface area contributed by atoms with E-state index in [1.807, 2.05) is 25.1 Å². The molecule has 0 atom stereocenters. The zero-order valence-corrected chi connectivity index (χ0v) is 15.4. The largest absolute Gasteiger partial charge is 0.451 e. The third kappa shape index (κ3) is 3.52. The van der Waals surface area contributed by atoms with Gasteiger partial charge in [0.1, 0.15) is 5.58 Å². The van der Waals surface area contributed by atoms with Crippen molar-refractivity contribution in [2.24, 2.45) is 5.10 Å². The van der Waals surface area contributed by atoms with Crippen molar-refractivity contribution in [2.75, 3.05) is 6.26 Å². The molecule has 0 unspecified atom stereocenters. The number of carbonyl (C=O) groups is 1. The maximum atomic E-state index is 12.4. The Hall–Kier alpha value is -2.93. The van der Waals surface area contributed by atoms with Crippen LogP contribution in [0.3, 0.4) is 0 Å². The van der Waals surface area contributed by atoms with Crippen molar-refractivity contribution in [3.8, 4) is 0 Å². The van der Waals surface area contributed by atoms with Gasteiger partial charge in [-0.05, 0) is 37.6 Å². The monoisotopic (exact) mass is 370 g/mol. The van der Waals surface area contributed by atoms with Crippen molar-refractivity contribution in [1.29, 1.82) is 0 Å². The van der Waals surface area contributed by atoms with Gasteiger partial charge < -0.3 is 4.42 Å². The summed E-state index contributed by atoms with van der Waals surface area (Å²) in [5.41, 5.74) is 5.14. The quantitative estimate of drug-likeness (QED) is 0.564. The number of hydrazone groups is 1. The first-order chi connectivity index (χ1) is 12.3. The number of fused-ring (bicyclic) bond motifs is 1. The van der Waals surface area contributed by atoms with E-state index in [1.165, 1.54) is 12.1 Å². The fourth-order valence-electron chi connectivity index (χ4n) is 2.58. The first-order valence-corrected chi connectivity index (χ1v) is 9.80. The second kappa shape index (κ2) is 6.76. The van der Waals surface area contributed by atoms with Crippen LogP contribution in [0.25, 0.3) is 11.0 Å². The number of benzene rings is 2. The highest BCUT2D eigenvalue weighted by Crippen LogP contribution is 2.24. The molecule has 1 heterocycles. The van der Waals surface area contributed by atoms with E-state index in [-0.39, 0.29) is 10.7 Å². The Balaban J connectivity index is 1.79. The van der Waals surface area contributed by atoms with Gasteiger partial charge in [0.2, 0.25) is 0 Å². The first-order valence-electron chi connectivity index (χ1n) is 7.90. The number of amides is 1. The topological polar surface area (TPSA) is 88.7 Å². The van der Waals surface area contributed by atoms with Crippen LogP contribution in [0.15, 0.2) is 62.9 Å². The smallest absolute Gasteiger partial charge is 0.307 e. The van der Waals surface area contributed by atoms with E-state index >= 15 is 0 Å². The number of carbonyl (C=O) groups excluding carboxylic acids is 1. The molecule has 26 heavy (non-hydrogen) atoms. The first kappa shape index (κ1) is 17.9. The molecular weight excluding hydrogens is 352 g/mol. The number of para-hydroxylation sites is 1. The molecular formula is C19H18N2O4S. The summed E-state index contributed by atoms with van der Waals surface area (Å²) in [4.78, 5) is 12.6. The predicted molar refractivity (Wildman–Crippen MR) is 100 cm³/mol. The fraction of sp³-hybridized carbons (Fsp3) is 0.158. The van der Waals surface area contributed by atoms with Crippen LogP contribution in [0.4, 0.5) is 0 Å². The minimum absolute atomic E-state index is 0.218. The molecule has 1 aromatic heterocycles. The van der Waals surface area contributed by atoms with Crippen LogP contribution in [0.1, 0.15) is 28.6 Å². The van der Waals surface area contributed by atoms with E-state index in [1.54, 1.807) is 25.1 Å². The molecule has 3 aromatic rings. The number of rotatable bonds is 4. The van der Waals surface area contributed by atoms with E-state index < -0.39 is 15.7 Å². The van der Waals surface area contributed by atoms with Crippen LogP contribution in [0.5, 0.6) is 0 Å². The zero-order chi connectivity index (χ0) is 18.9. The predicted octanol–water partition coefficient (Wildman–Crippen LogP) is 3.30. The molecule has 0 aliphatic carbocycles. The zero-order valence-electron chi connectivity index (χ0n) is 14.6. The molecule has 6 nitrogen and oxygen atoms in total. The highest BCUT2D eigenvalue weighted by atomic mass is 32.2. The van der Waals surface area contributed by atoms with Crippen LogP contribution in [-0.4, -0.2) is 26.3 Å². The van der Waals surface area contributed by atoms with E-state index in [4.69, 9.17) is 4.42 Å². The summed E-state index contributed by atoms with van der Waals surface area (Å²) in [7, 11) is -3.25. The third-order valence-corrected chi connectivity index (χ3v) is 5.20. The average Bonchev–Trinajstić information content (AvgIpc) is 2.96. The highest BCUT2D eigenvalue weighted by Gasteiger charge is 2.17. The molecule has 0 spiro atoms. The molecule has 0 saturated heterocycles. The number of sulfone groups is 1. The number of hydrogen-bond acceptors (Lipinski definition) is 5. The highest BCUT2D eigenvalue weighted by molar-refractivity contribution is 7.90. The van der Waals surface area contributed by atoms with Crippen LogP contribution >= 0.6 is 0 Å². The Labute approximate surface area is 151 Å². The molecule has 0 aliphatic heterocycles. The summed E-state index contributed by atoms with van der Waals surface area (Å²) in [6.45, 7) is 3.54. The van der Waals surface area contributed by atoms with E-state index in [2.05, 4.69) is 10.5 Å². The van der Waals surface area contributed by atoms with Gasteiger partial charge >= 0.3 is 5.91 Å². The Kier molecular flexibility index (Phi) is 4.65. The van der Waals surface area contributed by atoms with Gasteiger partial charge in [-0.15, -0.1) is 0 Å². The van der Waals surface area contributed by atoms with Gasteiger partial charge in [0.15, 0.2) is 15.6 Å². The lowest BCUT2D eigenvalue weighted by Gasteiger charge is -2.04. The van der Waals surface area contributed by atoms with Crippen molar-refractivity contribution in [1.82, 2.24) is 5.43 Å². The Morgan fingerprint density at radius 3 is 2.35 bits per heavy atom. The second-order valence-electron chi connectivity index (χ2n) is 5.99. The molecule has 0 bridgehead atoms. The van der Waals surface area contributed by atoms with E-state index in [9.17, 15) is 13.2 Å². The summed E-state index contributed by atoms with van der Waals surface area (Å²) in [6, 6.07) is 13.7. The maximum Gasteiger partial charge on any atom is 0.307 e. The molecule has 2 aromatic carbocycles. The van der Waals surface area contributed by atoms with Crippen molar-refractivity contribution in [3.05, 3.63) is 65.4 Å². The molecule has 0 radical (unpaired) electrons. The van der Waals surface area contributed by atoms with Gasteiger partial charge in [-0.3, -0.25) is 4.79 Å². The third-order valence-electron chi connectivity index (χ3n) is 4.08. The molecule has 1 amide bonds. The Morgan fingerprint density at radius 1 is 1.08 bits per heavy atom. The normalized spacial score (nSPS) is 12.3. The lowest BCUT2D eigenvalue weighted by atomic mass is 10.1. The molecule has 0 aliphatic rings. The number of aryl methyl sites for hydroxylation is 1. The molecule has 134 valence electrons. The van der Waals surface area contributed by atoms with Crippen LogP contribution in [0, 0.1) is 6.92 Å². The number of hydrogen-bond donors (Lipinski definition) is 1. The van der Waals surface area contributed by atoms with Gasteiger partial charge in [0.05, 0.1) is 10.6 Å². The van der Waals surface area contributed by atoms with Crippen molar-refractivity contribution >= 4 is 32.4 Å². The Morgan fingerprint density at radius 2 is 1.73 bits per heavy atom. The van der Waals surface area contributed by atoms with Crippen LogP contribution < -0.4 is 5.43 Å². The summed E-state index contributed by atoms with van der Waals surface area (Å²) < 4.78 is 28.6. The van der Waals surface area contributed by atoms with Crippen molar-refractivity contribution in [2.45, 2.75) is 18.7 Å². The van der Waals surface area contributed by atoms with Gasteiger partial charge in [0.25, 0.3) is 0 Å². The van der Waals surface area contributed by atoms with Gasteiger partial charge in [0, 0.05) is 17.2 Å². The fourth-order valence-corrected chi connectivity index (χ4v) is 3.21. The molecule has 3 rings (SSSR count). The molecule has 7 heteroatoms.